The Bertz CT molecular complexity index is 217. The van der Waals surface area contributed by atoms with Gasteiger partial charge in [-0.2, -0.15) is 0 Å². The molecule has 3 nitrogen and oxygen atoms in total. The minimum Gasteiger partial charge on any atom is -0.319 e. The van der Waals surface area contributed by atoms with Crippen LogP contribution in [0.1, 0.15) is 25.7 Å². The van der Waals surface area contributed by atoms with Crippen molar-refractivity contribution in [1.82, 2.24) is 15.1 Å². The molecule has 0 aromatic heterocycles. The van der Waals surface area contributed by atoms with E-state index < -0.39 is 0 Å². The van der Waals surface area contributed by atoms with E-state index in [1.54, 1.807) is 0 Å². The fourth-order valence-electron chi connectivity index (χ4n) is 3.24. The predicted molar refractivity (Wildman–Crippen MR) is 68.7 cm³/mol. The van der Waals surface area contributed by atoms with Gasteiger partial charge < -0.3 is 10.2 Å². The van der Waals surface area contributed by atoms with Crippen LogP contribution in [0.4, 0.5) is 0 Å². The molecular formula is C13H27N3. The topological polar surface area (TPSA) is 18.5 Å². The molecule has 0 amide bonds. The molecule has 3 atom stereocenters. The third-order valence-electron chi connectivity index (χ3n) is 4.47. The Labute approximate surface area is 100 Å². The van der Waals surface area contributed by atoms with Crippen molar-refractivity contribution in [2.45, 2.75) is 37.8 Å². The largest absolute Gasteiger partial charge is 0.319 e. The summed E-state index contributed by atoms with van der Waals surface area (Å²) in [5, 5.41) is 3.34. The Kier molecular flexibility index (Phi) is 4.22. The summed E-state index contributed by atoms with van der Waals surface area (Å²) in [6.45, 7) is 3.82. The van der Waals surface area contributed by atoms with Gasteiger partial charge in [0.15, 0.2) is 0 Å². The van der Waals surface area contributed by atoms with Crippen LogP contribution in [0.2, 0.25) is 0 Å². The molecule has 2 aliphatic rings. The standard InChI is InChI=1S/C13H27N3/c1-14-9-11-6-7-13(11)16-8-4-5-12(10-16)15(2)3/h11-14H,4-10H2,1-3H3. The fourth-order valence-corrected chi connectivity index (χ4v) is 3.24. The summed E-state index contributed by atoms with van der Waals surface area (Å²) in [5.41, 5.74) is 0. The maximum Gasteiger partial charge on any atom is 0.0217 e. The van der Waals surface area contributed by atoms with Crippen LogP contribution in [0.25, 0.3) is 0 Å². The first-order valence-corrected chi connectivity index (χ1v) is 6.77. The van der Waals surface area contributed by atoms with Gasteiger partial charge in [0.05, 0.1) is 0 Å². The molecule has 94 valence electrons. The second kappa shape index (κ2) is 5.48. The minimum absolute atomic E-state index is 0.782. The van der Waals surface area contributed by atoms with Crippen LogP contribution in [-0.4, -0.2) is 62.7 Å². The van der Waals surface area contributed by atoms with Crippen LogP contribution in [0.3, 0.4) is 0 Å². The van der Waals surface area contributed by atoms with Crippen LogP contribution in [-0.2, 0) is 0 Å². The van der Waals surface area contributed by atoms with Crippen molar-refractivity contribution >= 4 is 0 Å². The van der Waals surface area contributed by atoms with Crippen molar-refractivity contribution < 1.29 is 0 Å². The van der Waals surface area contributed by atoms with Crippen molar-refractivity contribution in [3.63, 3.8) is 0 Å². The van der Waals surface area contributed by atoms with E-state index in [1.807, 2.05) is 0 Å². The lowest BCUT2D eigenvalue weighted by Crippen LogP contribution is -2.56. The Morgan fingerprint density at radius 1 is 1.25 bits per heavy atom. The van der Waals surface area contributed by atoms with Crippen molar-refractivity contribution in [2.75, 3.05) is 40.8 Å². The van der Waals surface area contributed by atoms with Crippen molar-refractivity contribution in [3.05, 3.63) is 0 Å². The SMILES string of the molecule is CNCC1CCC1N1CCCC(N(C)C)C1. The normalized spacial score (nSPS) is 36.4. The Morgan fingerprint density at radius 2 is 2.06 bits per heavy atom. The van der Waals surface area contributed by atoms with Crippen LogP contribution in [0.15, 0.2) is 0 Å². The first kappa shape index (κ1) is 12.3. The van der Waals surface area contributed by atoms with E-state index in [0.29, 0.717) is 0 Å². The van der Waals surface area contributed by atoms with E-state index in [-0.39, 0.29) is 0 Å². The van der Waals surface area contributed by atoms with Gasteiger partial charge in [0.2, 0.25) is 0 Å². The highest BCUT2D eigenvalue weighted by Crippen LogP contribution is 2.33. The molecule has 1 saturated carbocycles. The van der Waals surface area contributed by atoms with E-state index in [9.17, 15) is 0 Å². The molecule has 3 heteroatoms. The molecule has 16 heavy (non-hydrogen) atoms. The van der Waals surface area contributed by atoms with Crippen LogP contribution < -0.4 is 5.32 Å². The average Bonchev–Trinajstić information content (AvgIpc) is 2.25. The molecular weight excluding hydrogens is 198 g/mol. The van der Waals surface area contributed by atoms with E-state index in [2.05, 4.69) is 36.3 Å². The quantitative estimate of drug-likeness (QED) is 0.770. The Balaban J connectivity index is 1.84. The van der Waals surface area contributed by atoms with E-state index in [1.165, 1.54) is 45.3 Å². The van der Waals surface area contributed by atoms with Gasteiger partial charge in [0.25, 0.3) is 0 Å². The summed E-state index contributed by atoms with van der Waals surface area (Å²) in [7, 11) is 6.52. The average molecular weight is 225 g/mol. The molecule has 0 spiro atoms. The van der Waals surface area contributed by atoms with E-state index >= 15 is 0 Å². The summed E-state index contributed by atoms with van der Waals surface area (Å²) in [5.74, 6) is 0.908. The number of nitrogens with zero attached hydrogens (tertiary/aromatic N) is 2. The molecule has 1 heterocycles. The molecule has 2 fully saturated rings. The van der Waals surface area contributed by atoms with Crippen molar-refractivity contribution in [3.8, 4) is 0 Å². The molecule has 1 aliphatic carbocycles. The molecule has 2 rings (SSSR count). The van der Waals surface area contributed by atoms with Crippen LogP contribution in [0, 0.1) is 5.92 Å². The van der Waals surface area contributed by atoms with Gasteiger partial charge >= 0.3 is 0 Å². The number of hydrogen-bond acceptors (Lipinski definition) is 3. The highest BCUT2D eigenvalue weighted by atomic mass is 15.2. The summed E-state index contributed by atoms with van der Waals surface area (Å²) < 4.78 is 0. The maximum absolute atomic E-state index is 3.34. The zero-order chi connectivity index (χ0) is 11.5. The van der Waals surface area contributed by atoms with Gasteiger partial charge in [-0.1, -0.05) is 0 Å². The number of likely N-dealkylation sites (tertiary alicyclic amines) is 1. The molecule has 1 N–H and O–H groups in total. The van der Waals surface area contributed by atoms with Gasteiger partial charge in [-0.3, -0.25) is 4.90 Å². The number of likely N-dealkylation sites (N-methyl/N-ethyl adjacent to an activating group) is 1. The molecule has 0 aromatic rings. The minimum atomic E-state index is 0.782. The molecule has 1 aliphatic heterocycles. The van der Waals surface area contributed by atoms with E-state index in [0.717, 1.165) is 18.0 Å². The van der Waals surface area contributed by atoms with Crippen molar-refractivity contribution in [1.29, 1.82) is 0 Å². The summed E-state index contributed by atoms with van der Waals surface area (Å²) in [6, 6.07) is 1.65. The summed E-state index contributed by atoms with van der Waals surface area (Å²) in [6.07, 6.45) is 5.61. The lowest BCUT2D eigenvalue weighted by molar-refractivity contribution is 0.0206. The van der Waals surface area contributed by atoms with Gasteiger partial charge in [-0.25, -0.2) is 0 Å². The molecule has 0 bridgehead atoms. The predicted octanol–water partition coefficient (Wildman–Crippen LogP) is 1.01. The van der Waals surface area contributed by atoms with Gasteiger partial charge in [-0.15, -0.1) is 0 Å². The first-order valence-electron chi connectivity index (χ1n) is 6.77. The molecule has 3 unspecified atom stereocenters. The molecule has 0 radical (unpaired) electrons. The summed E-state index contributed by atoms with van der Waals surface area (Å²) >= 11 is 0. The zero-order valence-corrected chi connectivity index (χ0v) is 11.1. The second-order valence-corrected chi connectivity index (χ2v) is 5.72. The highest BCUT2D eigenvalue weighted by molar-refractivity contribution is 4.93. The molecule has 1 saturated heterocycles. The lowest BCUT2D eigenvalue weighted by atomic mass is 9.77. The van der Waals surface area contributed by atoms with Crippen LogP contribution in [0.5, 0.6) is 0 Å². The van der Waals surface area contributed by atoms with Crippen molar-refractivity contribution in [2.24, 2.45) is 5.92 Å². The number of piperidine rings is 1. The number of nitrogens with one attached hydrogen (secondary N) is 1. The Morgan fingerprint density at radius 3 is 2.62 bits per heavy atom. The smallest absolute Gasteiger partial charge is 0.0217 e. The zero-order valence-electron chi connectivity index (χ0n) is 11.1. The summed E-state index contributed by atoms with van der Waals surface area (Å²) in [4.78, 5) is 5.15. The van der Waals surface area contributed by atoms with Crippen LogP contribution >= 0.6 is 0 Å². The maximum atomic E-state index is 3.34. The van der Waals surface area contributed by atoms with E-state index in [4.69, 9.17) is 0 Å². The van der Waals surface area contributed by atoms with Gasteiger partial charge in [0.1, 0.15) is 0 Å². The molecule has 0 aromatic carbocycles. The van der Waals surface area contributed by atoms with Gasteiger partial charge in [-0.05, 0) is 65.8 Å². The van der Waals surface area contributed by atoms with Gasteiger partial charge in [0, 0.05) is 18.6 Å². The third-order valence-corrected chi connectivity index (χ3v) is 4.47. The Hall–Kier alpha value is -0.120. The fraction of sp³-hybridized carbons (Fsp3) is 1.00. The number of hydrogen-bond donors (Lipinski definition) is 1. The third kappa shape index (κ3) is 2.58. The lowest BCUT2D eigenvalue weighted by Gasteiger charge is -2.48. The first-order chi connectivity index (χ1) is 7.72. The number of rotatable bonds is 4. The second-order valence-electron chi connectivity index (χ2n) is 5.72. The highest BCUT2D eigenvalue weighted by Gasteiger charge is 2.37. The monoisotopic (exact) mass is 225 g/mol.